The second-order valence-corrected chi connectivity index (χ2v) is 8.59. The summed E-state index contributed by atoms with van der Waals surface area (Å²) in [5.41, 5.74) is 6.36. The quantitative estimate of drug-likeness (QED) is 0.609. The van der Waals surface area contributed by atoms with Crippen LogP contribution in [0.5, 0.6) is 0 Å². The van der Waals surface area contributed by atoms with E-state index in [0.717, 1.165) is 46.8 Å². The van der Waals surface area contributed by atoms with E-state index < -0.39 is 0 Å². The molecule has 0 unspecified atom stereocenters. The van der Waals surface area contributed by atoms with Crippen molar-refractivity contribution in [3.8, 4) is 0 Å². The van der Waals surface area contributed by atoms with Gasteiger partial charge in [0.25, 0.3) is 0 Å². The normalized spacial score (nSPS) is 18.7. The monoisotopic (exact) mass is 411 g/mol. The van der Waals surface area contributed by atoms with Crippen molar-refractivity contribution in [2.75, 3.05) is 18.0 Å². The van der Waals surface area contributed by atoms with Gasteiger partial charge in [-0.1, -0.05) is 6.07 Å². The number of fused-ring (bicyclic) bond motifs is 2. The number of halogens is 1. The standard InChI is InChI=1S/C20H22BrN5/c1-13-3-4-15-11-20(12-16(15)23-13)6-9-25(10-7-20)19-17-5-8-22-26(17)18(21)14(2)24-19/h3-5,8H,6-7,9-12H2,1-2H3. The highest BCUT2D eigenvalue weighted by molar-refractivity contribution is 9.10. The molecule has 1 spiro atoms. The minimum Gasteiger partial charge on any atom is -0.355 e. The van der Waals surface area contributed by atoms with Crippen LogP contribution >= 0.6 is 15.9 Å². The van der Waals surface area contributed by atoms with Gasteiger partial charge in [-0.05, 0) is 78.6 Å². The number of hydrogen-bond acceptors (Lipinski definition) is 4. The van der Waals surface area contributed by atoms with Crippen LogP contribution < -0.4 is 4.90 Å². The van der Waals surface area contributed by atoms with Gasteiger partial charge < -0.3 is 4.90 Å². The molecule has 134 valence electrons. The fraction of sp³-hybridized carbons (Fsp3) is 0.450. The zero-order valence-electron chi connectivity index (χ0n) is 15.2. The minimum atomic E-state index is 0.389. The van der Waals surface area contributed by atoms with Crippen molar-refractivity contribution in [2.45, 2.75) is 39.5 Å². The van der Waals surface area contributed by atoms with Gasteiger partial charge in [0.2, 0.25) is 0 Å². The summed E-state index contributed by atoms with van der Waals surface area (Å²) in [4.78, 5) is 12.1. The summed E-state index contributed by atoms with van der Waals surface area (Å²) in [5.74, 6) is 1.06. The Morgan fingerprint density at radius 1 is 1.04 bits per heavy atom. The number of aromatic nitrogens is 4. The van der Waals surface area contributed by atoms with Crippen molar-refractivity contribution in [2.24, 2.45) is 5.41 Å². The molecule has 0 amide bonds. The molecular formula is C20H22BrN5. The SMILES string of the molecule is Cc1ccc2c(n1)CC1(CCN(c3nc(C)c(Br)n4nccc34)CC1)C2. The van der Waals surface area contributed by atoms with E-state index in [1.165, 1.54) is 30.5 Å². The first-order valence-electron chi connectivity index (χ1n) is 9.25. The van der Waals surface area contributed by atoms with Gasteiger partial charge in [0.15, 0.2) is 5.82 Å². The van der Waals surface area contributed by atoms with Crippen LogP contribution in [0.1, 0.15) is 35.5 Å². The molecule has 26 heavy (non-hydrogen) atoms. The van der Waals surface area contributed by atoms with Crippen LogP contribution in [0.15, 0.2) is 29.0 Å². The zero-order valence-corrected chi connectivity index (χ0v) is 16.8. The first-order chi connectivity index (χ1) is 12.5. The predicted octanol–water partition coefficient (Wildman–Crippen LogP) is 3.89. The minimum absolute atomic E-state index is 0.389. The number of anilines is 1. The van der Waals surface area contributed by atoms with Crippen LogP contribution in [-0.4, -0.2) is 32.7 Å². The fourth-order valence-corrected chi connectivity index (χ4v) is 4.97. The van der Waals surface area contributed by atoms with Gasteiger partial charge in [-0.25, -0.2) is 9.50 Å². The molecule has 0 atom stereocenters. The zero-order chi connectivity index (χ0) is 17.9. The van der Waals surface area contributed by atoms with Crippen LogP contribution in [0.25, 0.3) is 5.52 Å². The number of rotatable bonds is 1. The number of piperidine rings is 1. The molecule has 5 nitrogen and oxygen atoms in total. The van der Waals surface area contributed by atoms with Gasteiger partial charge in [0.1, 0.15) is 10.1 Å². The summed E-state index contributed by atoms with van der Waals surface area (Å²) in [6.07, 6.45) is 6.54. The Kier molecular flexibility index (Phi) is 3.61. The predicted molar refractivity (Wildman–Crippen MR) is 106 cm³/mol. The van der Waals surface area contributed by atoms with Crippen molar-refractivity contribution >= 4 is 27.3 Å². The summed E-state index contributed by atoms with van der Waals surface area (Å²) >= 11 is 3.60. The van der Waals surface area contributed by atoms with E-state index in [-0.39, 0.29) is 0 Å². The molecule has 1 aliphatic carbocycles. The highest BCUT2D eigenvalue weighted by Crippen LogP contribution is 2.45. The Hall–Kier alpha value is -1.95. The van der Waals surface area contributed by atoms with Crippen LogP contribution in [0.2, 0.25) is 0 Å². The van der Waals surface area contributed by atoms with E-state index in [0.29, 0.717) is 5.41 Å². The molecule has 3 aromatic heterocycles. The van der Waals surface area contributed by atoms with Crippen LogP contribution in [-0.2, 0) is 12.8 Å². The molecule has 1 aliphatic heterocycles. The van der Waals surface area contributed by atoms with Crippen LogP contribution in [0.4, 0.5) is 5.82 Å². The molecule has 3 aromatic rings. The molecule has 6 heteroatoms. The highest BCUT2D eigenvalue weighted by atomic mass is 79.9. The lowest BCUT2D eigenvalue weighted by Crippen LogP contribution is -2.41. The lowest BCUT2D eigenvalue weighted by atomic mass is 9.76. The number of pyridine rings is 1. The third kappa shape index (κ3) is 2.46. The molecule has 0 saturated carbocycles. The lowest BCUT2D eigenvalue weighted by Gasteiger charge is -2.40. The molecule has 4 heterocycles. The maximum absolute atomic E-state index is 4.87. The van der Waals surface area contributed by atoms with Gasteiger partial charge >= 0.3 is 0 Å². The summed E-state index contributed by atoms with van der Waals surface area (Å²) in [6.45, 7) is 6.21. The van der Waals surface area contributed by atoms with Crippen molar-refractivity contribution in [3.63, 3.8) is 0 Å². The molecule has 0 aromatic carbocycles. The molecular weight excluding hydrogens is 390 g/mol. The average Bonchev–Trinajstić information content (AvgIpc) is 3.24. The Morgan fingerprint density at radius 2 is 1.85 bits per heavy atom. The van der Waals surface area contributed by atoms with E-state index in [1.807, 2.05) is 17.6 Å². The van der Waals surface area contributed by atoms with Crippen molar-refractivity contribution < 1.29 is 0 Å². The summed E-state index contributed by atoms with van der Waals surface area (Å²) in [6, 6.07) is 6.49. The largest absolute Gasteiger partial charge is 0.355 e. The van der Waals surface area contributed by atoms with Crippen LogP contribution in [0, 0.1) is 19.3 Å². The summed E-state index contributed by atoms with van der Waals surface area (Å²) in [5, 5.41) is 4.44. The summed E-state index contributed by atoms with van der Waals surface area (Å²) in [7, 11) is 0. The van der Waals surface area contributed by atoms with E-state index in [9.17, 15) is 0 Å². The van der Waals surface area contributed by atoms with Crippen LogP contribution in [0.3, 0.4) is 0 Å². The Labute approximate surface area is 161 Å². The van der Waals surface area contributed by atoms with Crippen molar-refractivity contribution in [1.29, 1.82) is 0 Å². The van der Waals surface area contributed by atoms with Gasteiger partial charge in [-0.2, -0.15) is 5.10 Å². The van der Waals surface area contributed by atoms with Gasteiger partial charge in [-0.15, -0.1) is 0 Å². The first kappa shape index (κ1) is 16.2. The lowest BCUT2D eigenvalue weighted by molar-refractivity contribution is 0.231. The third-order valence-electron chi connectivity index (χ3n) is 6.07. The van der Waals surface area contributed by atoms with Gasteiger partial charge in [-0.3, -0.25) is 4.98 Å². The van der Waals surface area contributed by atoms with E-state index in [2.05, 4.69) is 51.1 Å². The first-order valence-corrected chi connectivity index (χ1v) is 10.0. The molecule has 0 radical (unpaired) electrons. The van der Waals surface area contributed by atoms with Crippen molar-refractivity contribution in [3.05, 3.63) is 51.6 Å². The molecule has 2 aliphatic rings. The average molecular weight is 412 g/mol. The third-order valence-corrected chi connectivity index (χ3v) is 6.98. The Balaban J connectivity index is 1.40. The molecule has 1 saturated heterocycles. The van der Waals surface area contributed by atoms with Gasteiger partial charge in [0, 0.05) is 24.5 Å². The Bertz CT molecular complexity index is 1000. The number of aryl methyl sites for hydroxylation is 2. The Morgan fingerprint density at radius 3 is 2.65 bits per heavy atom. The van der Waals surface area contributed by atoms with Gasteiger partial charge in [0.05, 0.1) is 11.9 Å². The van der Waals surface area contributed by atoms with E-state index >= 15 is 0 Å². The number of nitrogens with zero attached hydrogens (tertiary/aromatic N) is 5. The topological polar surface area (TPSA) is 46.3 Å². The van der Waals surface area contributed by atoms with E-state index in [1.54, 1.807) is 0 Å². The molecule has 0 N–H and O–H groups in total. The molecule has 1 fully saturated rings. The second kappa shape index (κ2) is 5.78. The maximum atomic E-state index is 4.87. The second-order valence-electron chi connectivity index (χ2n) is 7.84. The molecule has 5 rings (SSSR count). The van der Waals surface area contributed by atoms with Crippen molar-refractivity contribution in [1.82, 2.24) is 19.6 Å². The molecule has 0 bridgehead atoms. The maximum Gasteiger partial charge on any atom is 0.155 e. The smallest absolute Gasteiger partial charge is 0.155 e. The summed E-state index contributed by atoms with van der Waals surface area (Å²) < 4.78 is 2.88. The van der Waals surface area contributed by atoms with E-state index in [4.69, 9.17) is 9.97 Å². The highest BCUT2D eigenvalue weighted by Gasteiger charge is 2.41. The number of hydrogen-bond donors (Lipinski definition) is 0. The fourth-order valence-electron chi connectivity index (χ4n) is 4.60.